The second-order valence-electron chi connectivity index (χ2n) is 4.74. The Morgan fingerprint density at radius 2 is 2.19 bits per heavy atom. The Morgan fingerprint density at radius 1 is 1.43 bits per heavy atom. The molecule has 2 aromatic heterocycles. The molecular weight excluding hydrogens is 276 g/mol. The van der Waals surface area contributed by atoms with Crippen LogP contribution in [-0.2, 0) is 9.59 Å². The molecule has 0 radical (unpaired) electrons. The minimum Gasteiger partial charge on any atom is -0.476 e. The van der Waals surface area contributed by atoms with Crippen molar-refractivity contribution < 1.29 is 19.5 Å². The number of carbonyl (C=O) groups is 3. The summed E-state index contributed by atoms with van der Waals surface area (Å²) in [6.45, 7) is 0. The number of likely N-dealkylation sites (tertiary alicyclic amines) is 1. The minimum absolute atomic E-state index is 0.0116. The lowest BCUT2D eigenvalue weighted by molar-refractivity contribution is -0.136. The molecule has 0 spiro atoms. The zero-order chi connectivity index (χ0) is 15.1. The number of nitrogens with one attached hydrogen (secondary N) is 1. The number of anilines is 1. The van der Waals surface area contributed by atoms with E-state index in [1.165, 1.54) is 11.4 Å². The van der Waals surface area contributed by atoms with Crippen LogP contribution in [0.25, 0.3) is 5.65 Å². The van der Waals surface area contributed by atoms with Gasteiger partial charge in [0.1, 0.15) is 11.7 Å². The van der Waals surface area contributed by atoms with Crippen molar-refractivity contribution in [3.8, 4) is 0 Å². The first-order chi connectivity index (χ1) is 9.99. The SMILES string of the molecule is CN1C(=O)CC(Nc2nc3ccccn3c2C(=O)O)C1=O. The maximum absolute atomic E-state index is 11.9. The van der Waals surface area contributed by atoms with E-state index in [0.29, 0.717) is 5.65 Å². The fourth-order valence-corrected chi connectivity index (χ4v) is 2.33. The lowest BCUT2D eigenvalue weighted by atomic mass is 10.2. The molecule has 0 aliphatic carbocycles. The Kier molecular flexibility index (Phi) is 2.86. The highest BCUT2D eigenvalue weighted by Crippen LogP contribution is 2.21. The van der Waals surface area contributed by atoms with Crippen LogP contribution in [0.5, 0.6) is 0 Å². The predicted octanol–water partition coefficient (Wildman–Crippen LogP) is 0.202. The molecule has 8 nitrogen and oxygen atoms in total. The van der Waals surface area contributed by atoms with Crippen molar-refractivity contribution in [3.05, 3.63) is 30.1 Å². The molecule has 0 aromatic carbocycles. The molecule has 1 aliphatic heterocycles. The van der Waals surface area contributed by atoms with Gasteiger partial charge in [-0.05, 0) is 12.1 Å². The van der Waals surface area contributed by atoms with Gasteiger partial charge in [-0.2, -0.15) is 0 Å². The van der Waals surface area contributed by atoms with Crippen molar-refractivity contribution in [2.75, 3.05) is 12.4 Å². The number of amides is 2. The fourth-order valence-electron chi connectivity index (χ4n) is 2.33. The molecule has 2 amide bonds. The van der Waals surface area contributed by atoms with E-state index in [-0.39, 0.29) is 23.8 Å². The smallest absolute Gasteiger partial charge is 0.356 e. The molecule has 1 fully saturated rings. The lowest BCUT2D eigenvalue weighted by Crippen LogP contribution is -2.32. The average molecular weight is 288 g/mol. The third kappa shape index (κ3) is 2.00. The molecule has 1 aliphatic rings. The molecule has 1 atom stereocenters. The number of aromatic nitrogens is 2. The van der Waals surface area contributed by atoms with Gasteiger partial charge >= 0.3 is 5.97 Å². The topological polar surface area (TPSA) is 104 Å². The van der Waals surface area contributed by atoms with E-state index in [1.807, 2.05) is 0 Å². The largest absolute Gasteiger partial charge is 0.476 e. The maximum atomic E-state index is 11.9. The van der Waals surface area contributed by atoms with Gasteiger partial charge in [-0.15, -0.1) is 0 Å². The number of imidazole rings is 1. The second kappa shape index (κ2) is 4.58. The number of nitrogens with zero attached hydrogens (tertiary/aromatic N) is 3. The number of carboxylic acid groups (broad SMARTS) is 1. The normalized spacial score (nSPS) is 18.5. The molecule has 0 bridgehead atoms. The number of carbonyl (C=O) groups excluding carboxylic acids is 2. The number of hydrogen-bond acceptors (Lipinski definition) is 5. The van der Waals surface area contributed by atoms with Gasteiger partial charge in [-0.1, -0.05) is 6.07 Å². The number of carboxylic acids is 1. The van der Waals surface area contributed by atoms with Crippen molar-refractivity contribution >= 4 is 29.2 Å². The molecule has 108 valence electrons. The van der Waals surface area contributed by atoms with Crippen LogP contribution in [0.4, 0.5) is 5.82 Å². The molecule has 0 saturated carbocycles. The first-order valence-electron chi connectivity index (χ1n) is 6.26. The summed E-state index contributed by atoms with van der Waals surface area (Å²) < 4.78 is 1.41. The van der Waals surface area contributed by atoms with E-state index in [9.17, 15) is 19.5 Å². The molecule has 3 heterocycles. The Balaban J connectivity index is 2.01. The fraction of sp³-hybridized carbons (Fsp3) is 0.231. The van der Waals surface area contributed by atoms with E-state index in [1.54, 1.807) is 24.4 Å². The van der Waals surface area contributed by atoms with Crippen molar-refractivity contribution in [1.29, 1.82) is 0 Å². The number of likely N-dealkylation sites (N-methyl/N-ethyl adjacent to an activating group) is 1. The second-order valence-corrected chi connectivity index (χ2v) is 4.74. The summed E-state index contributed by atoms with van der Waals surface area (Å²) in [5, 5.41) is 12.1. The average Bonchev–Trinajstić information content (AvgIpc) is 2.92. The number of aromatic carboxylic acids is 1. The van der Waals surface area contributed by atoms with Crippen LogP contribution in [-0.4, -0.2) is 50.3 Å². The quantitative estimate of drug-likeness (QED) is 0.782. The van der Waals surface area contributed by atoms with Gasteiger partial charge in [0.2, 0.25) is 5.91 Å². The molecule has 8 heteroatoms. The Bertz CT molecular complexity index is 767. The van der Waals surface area contributed by atoms with Crippen molar-refractivity contribution in [3.63, 3.8) is 0 Å². The van der Waals surface area contributed by atoms with Crippen LogP contribution in [0.3, 0.4) is 0 Å². The Labute approximate surface area is 119 Å². The molecule has 3 rings (SSSR count). The molecular formula is C13H12N4O4. The van der Waals surface area contributed by atoms with E-state index in [2.05, 4.69) is 10.3 Å². The van der Waals surface area contributed by atoms with Crippen LogP contribution in [0.1, 0.15) is 16.9 Å². The molecule has 21 heavy (non-hydrogen) atoms. The minimum atomic E-state index is -1.17. The molecule has 1 saturated heterocycles. The third-order valence-electron chi connectivity index (χ3n) is 3.42. The number of hydrogen-bond donors (Lipinski definition) is 2. The van der Waals surface area contributed by atoms with Gasteiger partial charge in [-0.25, -0.2) is 9.78 Å². The van der Waals surface area contributed by atoms with E-state index in [0.717, 1.165) is 4.90 Å². The molecule has 2 N–H and O–H groups in total. The van der Waals surface area contributed by atoms with Gasteiger partial charge in [0.05, 0.1) is 6.42 Å². The summed E-state index contributed by atoms with van der Waals surface area (Å²) in [6.07, 6.45) is 1.56. The van der Waals surface area contributed by atoms with Gasteiger partial charge in [-0.3, -0.25) is 18.9 Å². The predicted molar refractivity (Wildman–Crippen MR) is 72.0 cm³/mol. The third-order valence-corrected chi connectivity index (χ3v) is 3.42. The van der Waals surface area contributed by atoms with Crippen molar-refractivity contribution in [2.45, 2.75) is 12.5 Å². The van der Waals surface area contributed by atoms with Crippen LogP contribution in [0.2, 0.25) is 0 Å². The van der Waals surface area contributed by atoms with Gasteiger partial charge < -0.3 is 10.4 Å². The zero-order valence-corrected chi connectivity index (χ0v) is 11.1. The molecule has 2 aromatic rings. The monoisotopic (exact) mass is 288 g/mol. The Hall–Kier alpha value is -2.90. The number of imide groups is 1. The first kappa shape index (κ1) is 13.1. The van der Waals surface area contributed by atoms with E-state index >= 15 is 0 Å². The van der Waals surface area contributed by atoms with Crippen LogP contribution in [0, 0.1) is 0 Å². The van der Waals surface area contributed by atoms with Crippen LogP contribution in [0.15, 0.2) is 24.4 Å². The number of fused-ring (bicyclic) bond motifs is 1. The van der Waals surface area contributed by atoms with Crippen LogP contribution < -0.4 is 5.32 Å². The van der Waals surface area contributed by atoms with Gasteiger partial charge in [0.15, 0.2) is 11.5 Å². The lowest BCUT2D eigenvalue weighted by Gasteiger charge is -2.10. The van der Waals surface area contributed by atoms with Gasteiger partial charge in [0.25, 0.3) is 5.91 Å². The van der Waals surface area contributed by atoms with Crippen molar-refractivity contribution in [1.82, 2.24) is 14.3 Å². The Morgan fingerprint density at radius 3 is 2.81 bits per heavy atom. The summed E-state index contributed by atoms with van der Waals surface area (Å²) in [7, 11) is 1.40. The highest BCUT2D eigenvalue weighted by Gasteiger charge is 2.37. The van der Waals surface area contributed by atoms with E-state index in [4.69, 9.17) is 0 Å². The van der Waals surface area contributed by atoms with Crippen molar-refractivity contribution in [2.24, 2.45) is 0 Å². The number of pyridine rings is 1. The summed E-state index contributed by atoms with van der Waals surface area (Å²) >= 11 is 0. The highest BCUT2D eigenvalue weighted by atomic mass is 16.4. The summed E-state index contributed by atoms with van der Waals surface area (Å²) in [5.74, 6) is -1.79. The number of rotatable bonds is 3. The standard InChI is InChI=1S/C13H12N4O4/c1-16-9(18)6-7(12(16)19)14-11-10(13(20)21)17-5-3-2-4-8(17)15-11/h2-5,7,14H,6H2,1H3,(H,20,21). The summed E-state index contributed by atoms with van der Waals surface area (Å²) in [4.78, 5) is 40.0. The first-order valence-corrected chi connectivity index (χ1v) is 6.26. The summed E-state index contributed by atoms with van der Waals surface area (Å²) in [6, 6.07) is 4.29. The maximum Gasteiger partial charge on any atom is 0.356 e. The summed E-state index contributed by atoms with van der Waals surface area (Å²) in [5.41, 5.74) is 0.378. The zero-order valence-electron chi connectivity index (χ0n) is 11.1. The highest BCUT2D eigenvalue weighted by molar-refractivity contribution is 6.07. The van der Waals surface area contributed by atoms with Gasteiger partial charge in [0, 0.05) is 13.2 Å². The van der Waals surface area contributed by atoms with E-state index < -0.39 is 17.9 Å². The molecule has 1 unspecified atom stereocenters. The van der Waals surface area contributed by atoms with Crippen LogP contribution >= 0.6 is 0 Å².